The molecule has 0 amide bonds. The van der Waals surface area contributed by atoms with Crippen molar-refractivity contribution < 1.29 is 54.7 Å². The van der Waals surface area contributed by atoms with Crippen LogP contribution in [0.5, 0.6) is 34.5 Å². The maximum absolute atomic E-state index is 13.2. The third-order valence-electron chi connectivity index (χ3n) is 5.29. The Kier molecular flexibility index (Phi) is 5.46. The summed E-state index contributed by atoms with van der Waals surface area (Å²) in [4.78, 5) is 13.2. The Hall–Kier alpha value is -3.71. The van der Waals surface area contributed by atoms with Gasteiger partial charge in [0.1, 0.15) is 40.8 Å². The first kappa shape index (κ1) is 22.5. The minimum absolute atomic E-state index is 0.168. The Bertz CT molecular complexity index is 1260. The molecule has 176 valence electrons. The van der Waals surface area contributed by atoms with Crippen LogP contribution in [0.2, 0.25) is 0 Å². The molecule has 0 saturated carbocycles. The van der Waals surface area contributed by atoms with Gasteiger partial charge in [-0.1, -0.05) is 0 Å². The lowest BCUT2D eigenvalue weighted by Gasteiger charge is -2.38. The summed E-state index contributed by atoms with van der Waals surface area (Å²) >= 11 is 0. The van der Waals surface area contributed by atoms with Gasteiger partial charge in [-0.05, 0) is 19.1 Å². The predicted molar refractivity (Wildman–Crippen MR) is 109 cm³/mol. The number of hydrogen-bond acceptors (Lipinski definition) is 12. The molecule has 0 aliphatic carbocycles. The van der Waals surface area contributed by atoms with Gasteiger partial charge in [-0.15, -0.1) is 0 Å². The van der Waals surface area contributed by atoms with E-state index >= 15 is 0 Å². The number of ether oxygens (including phenoxy) is 2. The molecule has 0 bridgehead atoms. The van der Waals surface area contributed by atoms with Crippen LogP contribution in [0.25, 0.3) is 22.3 Å². The number of phenolic OH excluding ortho intramolecular Hbond substituents is 5. The summed E-state index contributed by atoms with van der Waals surface area (Å²) in [5.74, 6) is -4.55. The lowest BCUT2D eigenvalue weighted by molar-refractivity contribution is -0.268. The van der Waals surface area contributed by atoms with Crippen LogP contribution >= 0.6 is 0 Å². The van der Waals surface area contributed by atoms with E-state index in [2.05, 4.69) is 0 Å². The van der Waals surface area contributed by atoms with Crippen LogP contribution in [0.1, 0.15) is 6.92 Å². The van der Waals surface area contributed by atoms with Gasteiger partial charge in [-0.2, -0.15) is 0 Å². The Balaban J connectivity index is 1.95. The van der Waals surface area contributed by atoms with E-state index < -0.39 is 81.8 Å². The SMILES string of the molecule is C[C@H]1O[C@@H](Oc2c(-c3cc(O)c(O)c(O)c3)oc3cc(O)cc(O)c3c2=O)[C@H](O)[C@H](O)[C@H]1O. The molecule has 2 heterocycles. The van der Waals surface area contributed by atoms with Gasteiger partial charge in [0.2, 0.25) is 17.5 Å². The zero-order chi connectivity index (χ0) is 24.2. The van der Waals surface area contributed by atoms with E-state index in [1.807, 2.05) is 0 Å². The highest BCUT2D eigenvalue weighted by Gasteiger charge is 2.44. The van der Waals surface area contributed by atoms with Gasteiger partial charge in [0.25, 0.3) is 0 Å². The van der Waals surface area contributed by atoms with Crippen molar-refractivity contribution in [2.45, 2.75) is 37.6 Å². The van der Waals surface area contributed by atoms with Gasteiger partial charge in [0, 0.05) is 17.7 Å². The first-order valence-corrected chi connectivity index (χ1v) is 9.64. The standard InChI is InChI=1S/C21H20O12/c1-6-14(26)17(29)18(30)21(31-6)33-20-16(28)13-9(23)4-8(22)5-12(13)32-19(20)7-2-10(24)15(27)11(25)3-7/h2-6,14,17-18,21-27,29-30H,1H3/t6-,14+,17-,18-,21+/m1/s1. The van der Waals surface area contributed by atoms with Gasteiger partial charge in [0.05, 0.1) is 6.10 Å². The molecule has 0 radical (unpaired) electrons. The average Bonchev–Trinajstić information content (AvgIpc) is 2.74. The molecule has 1 aliphatic rings. The van der Waals surface area contributed by atoms with Crippen LogP contribution in [0, 0.1) is 0 Å². The summed E-state index contributed by atoms with van der Waals surface area (Å²) in [5, 5.41) is 79.1. The minimum Gasteiger partial charge on any atom is -0.508 e. The highest BCUT2D eigenvalue weighted by molar-refractivity contribution is 5.88. The Labute approximate surface area is 184 Å². The van der Waals surface area contributed by atoms with Crippen LogP contribution in [0.4, 0.5) is 0 Å². The molecule has 0 spiro atoms. The molecule has 3 aromatic rings. The van der Waals surface area contributed by atoms with Gasteiger partial charge >= 0.3 is 0 Å². The number of aliphatic hydroxyl groups excluding tert-OH is 3. The van der Waals surface area contributed by atoms with Crippen LogP contribution < -0.4 is 10.2 Å². The van der Waals surface area contributed by atoms with Crippen molar-refractivity contribution in [2.24, 2.45) is 0 Å². The second kappa shape index (κ2) is 8.01. The summed E-state index contributed by atoms with van der Waals surface area (Å²) in [6.45, 7) is 1.39. The summed E-state index contributed by atoms with van der Waals surface area (Å²) < 4.78 is 16.5. The molecule has 1 fully saturated rings. The smallest absolute Gasteiger partial charge is 0.239 e. The maximum Gasteiger partial charge on any atom is 0.239 e. The molecular formula is C21H20O12. The van der Waals surface area contributed by atoms with Gasteiger partial charge in [-0.3, -0.25) is 4.79 Å². The predicted octanol–water partition coefficient (Wildman–Crippen LogP) is 0.194. The third kappa shape index (κ3) is 3.74. The number of rotatable bonds is 3. The first-order chi connectivity index (χ1) is 15.5. The van der Waals surface area contributed by atoms with Crippen LogP contribution in [0.15, 0.2) is 33.5 Å². The number of aliphatic hydroxyl groups is 3. The highest BCUT2D eigenvalue weighted by atomic mass is 16.7. The van der Waals surface area contributed by atoms with Crippen molar-refractivity contribution in [1.29, 1.82) is 0 Å². The van der Waals surface area contributed by atoms with Crippen LogP contribution in [-0.4, -0.2) is 71.6 Å². The number of fused-ring (bicyclic) bond motifs is 1. The van der Waals surface area contributed by atoms with E-state index in [1.165, 1.54) is 6.92 Å². The van der Waals surface area contributed by atoms with E-state index in [0.29, 0.717) is 0 Å². The first-order valence-electron chi connectivity index (χ1n) is 9.64. The fourth-order valence-corrected chi connectivity index (χ4v) is 3.53. The molecule has 1 saturated heterocycles. The zero-order valence-electron chi connectivity index (χ0n) is 16.9. The van der Waals surface area contributed by atoms with Crippen molar-refractivity contribution in [1.82, 2.24) is 0 Å². The fraction of sp³-hybridized carbons (Fsp3) is 0.286. The van der Waals surface area contributed by atoms with Crippen molar-refractivity contribution in [3.63, 3.8) is 0 Å². The molecule has 33 heavy (non-hydrogen) atoms. The van der Waals surface area contributed by atoms with E-state index in [0.717, 1.165) is 24.3 Å². The quantitative estimate of drug-likeness (QED) is 0.244. The number of hydrogen-bond donors (Lipinski definition) is 8. The number of phenols is 5. The Morgan fingerprint density at radius 1 is 0.848 bits per heavy atom. The van der Waals surface area contributed by atoms with Gasteiger partial charge < -0.3 is 54.7 Å². The molecule has 4 rings (SSSR count). The summed E-state index contributed by atoms with van der Waals surface area (Å²) in [7, 11) is 0. The lowest BCUT2D eigenvalue weighted by atomic mass is 10.00. The van der Waals surface area contributed by atoms with Crippen LogP contribution in [-0.2, 0) is 4.74 Å². The molecule has 8 N–H and O–H groups in total. The Morgan fingerprint density at radius 3 is 2.12 bits per heavy atom. The number of benzene rings is 2. The third-order valence-corrected chi connectivity index (χ3v) is 5.29. The van der Waals surface area contributed by atoms with Crippen molar-refractivity contribution in [3.8, 4) is 45.8 Å². The van der Waals surface area contributed by atoms with Crippen molar-refractivity contribution >= 4 is 11.0 Å². The molecule has 12 nitrogen and oxygen atoms in total. The summed E-state index contributed by atoms with van der Waals surface area (Å²) in [6, 6.07) is 3.79. The molecule has 1 aromatic heterocycles. The zero-order valence-corrected chi connectivity index (χ0v) is 16.9. The lowest BCUT2D eigenvalue weighted by Crippen LogP contribution is -2.58. The van der Waals surface area contributed by atoms with Crippen molar-refractivity contribution in [2.75, 3.05) is 0 Å². The van der Waals surface area contributed by atoms with Crippen LogP contribution in [0.3, 0.4) is 0 Å². The monoisotopic (exact) mass is 464 g/mol. The molecule has 2 aromatic carbocycles. The molecular weight excluding hydrogens is 444 g/mol. The highest BCUT2D eigenvalue weighted by Crippen LogP contribution is 2.43. The average molecular weight is 464 g/mol. The van der Waals surface area contributed by atoms with Gasteiger partial charge in [0.15, 0.2) is 23.0 Å². The summed E-state index contributed by atoms with van der Waals surface area (Å²) in [6.07, 6.45) is -7.59. The fourth-order valence-electron chi connectivity index (χ4n) is 3.53. The molecule has 5 atom stereocenters. The van der Waals surface area contributed by atoms with E-state index in [-0.39, 0.29) is 11.1 Å². The van der Waals surface area contributed by atoms with E-state index in [1.54, 1.807) is 0 Å². The van der Waals surface area contributed by atoms with E-state index in [4.69, 9.17) is 13.9 Å². The molecule has 1 aliphatic heterocycles. The normalized spacial score (nSPS) is 25.3. The largest absolute Gasteiger partial charge is 0.508 e. The maximum atomic E-state index is 13.2. The molecule has 12 heteroatoms. The summed E-state index contributed by atoms with van der Waals surface area (Å²) in [5.41, 5.74) is -1.45. The van der Waals surface area contributed by atoms with Gasteiger partial charge in [-0.25, -0.2) is 0 Å². The Morgan fingerprint density at radius 2 is 1.48 bits per heavy atom. The minimum atomic E-state index is -1.80. The second-order valence-electron chi connectivity index (χ2n) is 7.59. The number of aromatic hydroxyl groups is 5. The molecule has 0 unspecified atom stereocenters. The topological polar surface area (TPSA) is 211 Å². The second-order valence-corrected chi connectivity index (χ2v) is 7.59. The van der Waals surface area contributed by atoms with Crippen molar-refractivity contribution in [3.05, 3.63) is 34.5 Å². The van der Waals surface area contributed by atoms with E-state index in [9.17, 15) is 45.6 Å².